The fourth-order valence-corrected chi connectivity index (χ4v) is 6.29. The summed E-state index contributed by atoms with van der Waals surface area (Å²) >= 11 is 2.11. The second-order valence-corrected chi connectivity index (χ2v) is 16.7. The Bertz CT molecular complexity index is 1260. The number of aliphatic hydroxyl groups excluding tert-OH is 1. The Balaban J connectivity index is 1.71. The molecule has 194 valence electrons. The summed E-state index contributed by atoms with van der Waals surface area (Å²) in [4.78, 5) is 21.4. The minimum Gasteiger partial charge on any atom is -0.408 e. The topological polar surface area (TPSA) is 98.5 Å². The standard InChI is InChI=1S/C25H32FIN4O4Si/c1-24(2,3)36(5,6)35-19-17(13-32)34-23(25(19,4)26)31-12-16(27)18-20(28-14-29-21(18)31)30-22(33)15-10-8-7-9-11-15/h7-12,14,17,19,23,32H,13H2,1-6H3,(H,28,29,30,33)/t17-,19-,23?,25-/m1/s1. The summed E-state index contributed by atoms with van der Waals surface area (Å²) < 4.78 is 31.4. The number of nitrogens with one attached hydrogen (secondary N) is 1. The van der Waals surface area contributed by atoms with Gasteiger partial charge in [-0.2, -0.15) is 0 Å². The van der Waals surface area contributed by atoms with Crippen LogP contribution in [0.3, 0.4) is 0 Å². The van der Waals surface area contributed by atoms with Crippen LogP contribution >= 0.6 is 22.6 Å². The van der Waals surface area contributed by atoms with Crippen molar-refractivity contribution in [3.05, 3.63) is 52.0 Å². The first kappa shape index (κ1) is 27.1. The summed E-state index contributed by atoms with van der Waals surface area (Å²) in [5, 5.41) is 13.3. The van der Waals surface area contributed by atoms with Gasteiger partial charge in [-0.05, 0) is 59.8 Å². The quantitative estimate of drug-likeness (QED) is 0.285. The van der Waals surface area contributed by atoms with E-state index in [4.69, 9.17) is 9.16 Å². The number of aliphatic hydroxyl groups is 1. The number of ether oxygens (including phenoxy) is 1. The minimum absolute atomic E-state index is 0.143. The number of amides is 1. The van der Waals surface area contributed by atoms with Crippen molar-refractivity contribution in [3.8, 4) is 0 Å². The zero-order valence-corrected chi connectivity index (χ0v) is 24.4. The Morgan fingerprint density at radius 1 is 1.31 bits per heavy atom. The highest BCUT2D eigenvalue weighted by molar-refractivity contribution is 14.1. The van der Waals surface area contributed by atoms with Gasteiger partial charge in [-0.1, -0.05) is 39.0 Å². The fraction of sp³-hybridized carbons (Fsp3) is 0.480. The lowest BCUT2D eigenvalue weighted by Crippen LogP contribution is -2.52. The molecule has 0 radical (unpaired) electrons. The number of halogens is 2. The van der Waals surface area contributed by atoms with E-state index in [0.29, 0.717) is 22.4 Å². The van der Waals surface area contributed by atoms with Crippen molar-refractivity contribution in [1.29, 1.82) is 0 Å². The zero-order chi connectivity index (χ0) is 26.5. The number of anilines is 1. The Labute approximate surface area is 224 Å². The monoisotopic (exact) mass is 626 g/mol. The molecule has 3 heterocycles. The van der Waals surface area contributed by atoms with Gasteiger partial charge in [0.15, 0.2) is 20.2 Å². The lowest BCUT2D eigenvalue weighted by molar-refractivity contribution is -0.0564. The lowest BCUT2D eigenvalue weighted by Gasteiger charge is -2.41. The molecule has 0 spiro atoms. The number of nitrogens with zero attached hydrogens (tertiary/aromatic N) is 3. The van der Waals surface area contributed by atoms with Crippen LogP contribution in [0.5, 0.6) is 0 Å². The molecule has 1 saturated heterocycles. The summed E-state index contributed by atoms with van der Waals surface area (Å²) in [6, 6.07) is 8.82. The molecule has 0 bridgehead atoms. The molecule has 3 aromatic rings. The number of alkyl halides is 1. The van der Waals surface area contributed by atoms with Gasteiger partial charge in [-0.3, -0.25) is 4.79 Å². The fourth-order valence-electron chi connectivity index (χ4n) is 4.12. The smallest absolute Gasteiger partial charge is 0.256 e. The van der Waals surface area contributed by atoms with Crippen molar-refractivity contribution in [1.82, 2.24) is 14.5 Å². The Morgan fingerprint density at radius 2 is 1.97 bits per heavy atom. The molecular formula is C25H32FIN4O4Si. The van der Waals surface area contributed by atoms with Crippen LogP contribution in [0.4, 0.5) is 10.2 Å². The van der Waals surface area contributed by atoms with E-state index in [1.807, 2.05) is 19.2 Å². The van der Waals surface area contributed by atoms with E-state index in [2.05, 4.69) is 58.6 Å². The van der Waals surface area contributed by atoms with Crippen molar-refractivity contribution in [3.63, 3.8) is 0 Å². The minimum atomic E-state index is -2.37. The molecule has 8 nitrogen and oxygen atoms in total. The average Bonchev–Trinajstić information content (AvgIpc) is 3.27. The average molecular weight is 627 g/mol. The van der Waals surface area contributed by atoms with Gasteiger partial charge in [0.25, 0.3) is 5.91 Å². The van der Waals surface area contributed by atoms with Gasteiger partial charge in [0.2, 0.25) is 0 Å². The second-order valence-electron chi connectivity index (χ2n) is 10.8. The van der Waals surface area contributed by atoms with Crippen LogP contribution in [-0.2, 0) is 9.16 Å². The maximum absolute atomic E-state index is 16.6. The number of carbonyl (C=O) groups is 1. The molecule has 4 rings (SSSR count). The van der Waals surface area contributed by atoms with E-state index in [9.17, 15) is 9.90 Å². The van der Waals surface area contributed by atoms with Crippen molar-refractivity contribution < 1.29 is 23.5 Å². The van der Waals surface area contributed by atoms with Crippen LogP contribution in [-0.4, -0.2) is 58.3 Å². The van der Waals surface area contributed by atoms with Crippen LogP contribution in [0, 0.1) is 3.57 Å². The molecule has 1 amide bonds. The van der Waals surface area contributed by atoms with Gasteiger partial charge < -0.3 is 24.2 Å². The summed E-state index contributed by atoms with van der Waals surface area (Å²) in [6.45, 7) is 11.4. The maximum atomic E-state index is 16.6. The molecule has 36 heavy (non-hydrogen) atoms. The van der Waals surface area contributed by atoms with Gasteiger partial charge in [-0.25, -0.2) is 14.4 Å². The van der Waals surface area contributed by atoms with E-state index in [-0.39, 0.29) is 17.6 Å². The number of hydrogen-bond donors (Lipinski definition) is 2. The molecule has 0 aliphatic carbocycles. The van der Waals surface area contributed by atoms with Crippen LogP contribution in [0.2, 0.25) is 18.1 Å². The number of carbonyl (C=O) groups excluding carboxylic acids is 1. The molecule has 2 aromatic heterocycles. The third-order valence-electron chi connectivity index (χ3n) is 7.17. The predicted octanol–water partition coefficient (Wildman–Crippen LogP) is 5.30. The van der Waals surface area contributed by atoms with Crippen molar-refractivity contribution in [2.45, 2.75) is 69.9 Å². The highest BCUT2D eigenvalue weighted by atomic mass is 127. The molecule has 2 N–H and O–H groups in total. The SMILES string of the molecule is CC(C)(C)[Si](C)(C)O[C@@H]1[C@@H](CO)OC(n2cc(I)c3c(NC(=O)c4ccccc4)ncnc32)[C@]1(C)F. The summed E-state index contributed by atoms with van der Waals surface area (Å²) in [6.07, 6.45) is 0.163. The lowest BCUT2D eigenvalue weighted by atomic mass is 9.98. The van der Waals surface area contributed by atoms with Crippen LogP contribution < -0.4 is 5.32 Å². The maximum Gasteiger partial charge on any atom is 0.256 e. The number of aromatic nitrogens is 3. The molecule has 1 fully saturated rings. The largest absolute Gasteiger partial charge is 0.408 e. The first-order valence-electron chi connectivity index (χ1n) is 11.8. The first-order chi connectivity index (χ1) is 16.8. The van der Waals surface area contributed by atoms with Gasteiger partial charge in [0, 0.05) is 15.3 Å². The number of rotatable bonds is 6. The normalized spacial score (nSPS) is 24.9. The van der Waals surface area contributed by atoms with Crippen LogP contribution in [0.1, 0.15) is 44.3 Å². The van der Waals surface area contributed by atoms with E-state index in [0.717, 1.165) is 3.57 Å². The van der Waals surface area contributed by atoms with Gasteiger partial charge in [0.05, 0.1) is 12.0 Å². The third kappa shape index (κ3) is 4.83. The van der Waals surface area contributed by atoms with E-state index in [1.165, 1.54) is 13.3 Å². The number of hydrogen-bond acceptors (Lipinski definition) is 6. The summed E-state index contributed by atoms with van der Waals surface area (Å²) in [7, 11) is -2.37. The van der Waals surface area contributed by atoms with Crippen LogP contribution in [0.25, 0.3) is 11.0 Å². The van der Waals surface area contributed by atoms with Gasteiger partial charge in [0.1, 0.15) is 30.0 Å². The molecule has 0 saturated carbocycles. The molecule has 1 aliphatic rings. The summed E-state index contributed by atoms with van der Waals surface area (Å²) in [5.41, 5.74) is -1.06. The van der Waals surface area contributed by atoms with Crippen molar-refractivity contribution in [2.75, 3.05) is 11.9 Å². The molecular weight excluding hydrogens is 594 g/mol. The first-order valence-corrected chi connectivity index (χ1v) is 15.8. The highest BCUT2D eigenvalue weighted by Crippen LogP contribution is 2.48. The highest BCUT2D eigenvalue weighted by Gasteiger charge is 2.58. The third-order valence-corrected chi connectivity index (χ3v) is 12.4. The zero-order valence-electron chi connectivity index (χ0n) is 21.3. The van der Waals surface area contributed by atoms with Crippen molar-refractivity contribution >= 4 is 53.7 Å². The Kier molecular flexibility index (Phi) is 7.34. The molecule has 1 unspecified atom stereocenters. The number of benzene rings is 1. The molecule has 1 aliphatic heterocycles. The van der Waals surface area contributed by atoms with E-state index in [1.54, 1.807) is 35.0 Å². The van der Waals surface area contributed by atoms with Gasteiger partial charge >= 0.3 is 0 Å². The van der Waals surface area contributed by atoms with Gasteiger partial charge in [-0.15, -0.1) is 0 Å². The summed E-state index contributed by atoms with van der Waals surface area (Å²) in [5.74, 6) is 0.0121. The molecule has 1 aromatic carbocycles. The van der Waals surface area contributed by atoms with Crippen molar-refractivity contribution in [2.24, 2.45) is 0 Å². The van der Waals surface area contributed by atoms with Crippen LogP contribution in [0.15, 0.2) is 42.9 Å². The van der Waals surface area contributed by atoms with E-state index < -0.39 is 32.4 Å². The molecule has 11 heteroatoms. The Morgan fingerprint density at radius 3 is 2.58 bits per heavy atom. The Hall–Kier alpha value is -1.93. The predicted molar refractivity (Wildman–Crippen MR) is 147 cm³/mol. The second kappa shape index (κ2) is 9.75. The van der Waals surface area contributed by atoms with E-state index >= 15 is 4.39 Å². The molecule has 4 atom stereocenters. The number of fused-ring (bicyclic) bond motifs is 1.